The molecule has 0 saturated heterocycles. The Morgan fingerprint density at radius 3 is 2.37 bits per heavy atom. The van der Waals surface area contributed by atoms with Crippen molar-refractivity contribution in [3.05, 3.63) is 27.7 Å². The molecule has 4 N–H and O–H groups in total. The Kier molecular flexibility index (Phi) is 4.87. The Labute approximate surface area is 119 Å². The van der Waals surface area contributed by atoms with Gasteiger partial charge in [-0.15, -0.1) is 0 Å². The number of amidine groups is 1. The molecule has 0 aliphatic heterocycles. The number of Topliss-reactive ketones (excluding diaryl/α,β-unsaturated/α-hetero) is 1. The van der Waals surface area contributed by atoms with E-state index in [9.17, 15) is 4.79 Å². The number of nitrogens with two attached hydrogens (primary N) is 1. The predicted molar refractivity (Wildman–Crippen MR) is 75.1 cm³/mol. The molecule has 0 atom stereocenters. The fraction of sp³-hybridized carbons (Fsp3) is 0.0909. The van der Waals surface area contributed by atoms with E-state index in [1.807, 2.05) is 0 Å². The molecular formula is C11H9Cl2N5O. The Morgan fingerprint density at radius 1 is 1.47 bits per heavy atom. The van der Waals surface area contributed by atoms with E-state index in [-0.39, 0.29) is 27.2 Å². The molecule has 0 heterocycles. The van der Waals surface area contributed by atoms with Gasteiger partial charge in [0.1, 0.15) is 6.07 Å². The molecule has 0 aromatic heterocycles. The van der Waals surface area contributed by atoms with Crippen molar-refractivity contribution in [1.29, 1.82) is 10.7 Å². The Balaban J connectivity index is 3.14. The second kappa shape index (κ2) is 6.18. The molecule has 0 saturated carbocycles. The zero-order valence-corrected chi connectivity index (χ0v) is 11.3. The third-order valence-electron chi connectivity index (χ3n) is 2.09. The number of hydrogen-bond donors (Lipinski definition) is 3. The molecule has 0 aliphatic carbocycles. The second-order valence-electron chi connectivity index (χ2n) is 3.47. The van der Waals surface area contributed by atoms with Crippen LogP contribution in [0.5, 0.6) is 0 Å². The van der Waals surface area contributed by atoms with Crippen LogP contribution in [0.4, 0.5) is 5.69 Å². The van der Waals surface area contributed by atoms with Crippen molar-refractivity contribution in [2.45, 2.75) is 6.92 Å². The van der Waals surface area contributed by atoms with Gasteiger partial charge >= 0.3 is 0 Å². The van der Waals surface area contributed by atoms with Crippen LogP contribution in [0.25, 0.3) is 0 Å². The van der Waals surface area contributed by atoms with E-state index in [0.29, 0.717) is 5.56 Å². The summed E-state index contributed by atoms with van der Waals surface area (Å²) in [6.45, 7) is 1.39. The van der Waals surface area contributed by atoms with E-state index < -0.39 is 5.84 Å². The molecule has 0 spiro atoms. The monoisotopic (exact) mass is 297 g/mol. The molecular weight excluding hydrogens is 289 g/mol. The standard InChI is InChI=1S/C11H9Cl2N5O/c1-5(19)6-2-7(12)10(8(13)3-6)18-17-9(4-14)11(15)16/h2-3,18H,1H3,(H3,15,16)/b17-9+. The third kappa shape index (κ3) is 3.68. The normalized spacial score (nSPS) is 10.7. The highest BCUT2D eigenvalue weighted by Gasteiger charge is 2.11. The van der Waals surface area contributed by atoms with E-state index in [0.717, 1.165) is 0 Å². The van der Waals surface area contributed by atoms with Crippen LogP contribution in [0.15, 0.2) is 17.2 Å². The summed E-state index contributed by atoms with van der Waals surface area (Å²) in [4.78, 5) is 11.2. The lowest BCUT2D eigenvalue weighted by Gasteiger charge is -2.08. The van der Waals surface area contributed by atoms with Gasteiger partial charge in [0.05, 0.1) is 15.7 Å². The second-order valence-corrected chi connectivity index (χ2v) is 4.28. The smallest absolute Gasteiger partial charge is 0.201 e. The van der Waals surface area contributed by atoms with Crippen LogP contribution in [-0.4, -0.2) is 17.3 Å². The summed E-state index contributed by atoms with van der Waals surface area (Å²) >= 11 is 11.9. The number of anilines is 1. The number of ketones is 1. The van der Waals surface area contributed by atoms with E-state index in [1.165, 1.54) is 19.1 Å². The van der Waals surface area contributed by atoms with E-state index in [2.05, 4.69) is 10.5 Å². The van der Waals surface area contributed by atoms with Gasteiger partial charge in [-0.2, -0.15) is 10.4 Å². The summed E-state index contributed by atoms with van der Waals surface area (Å²) in [6.07, 6.45) is 0. The summed E-state index contributed by atoms with van der Waals surface area (Å²) in [5, 5.41) is 19.7. The number of nitrogens with one attached hydrogen (secondary N) is 2. The van der Waals surface area contributed by atoms with Crippen LogP contribution in [0.2, 0.25) is 10.0 Å². The van der Waals surface area contributed by atoms with Gasteiger partial charge in [-0.05, 0) is 19.1 Å². The van der Waals surface area contributed by atoms with Crippen LogP contribution in [-0.2, 0) is 0 Å². The quantitative estimate of drug-likeness (QED) is 0.342. The number of carbonyl (C=O) groups is 1. The van der Waals surface area contributed by atoms with Gasteiger partial charge in [-0.3, -0.25) is 15.6 Å². The van der Waals surface area contributed by atoms with Gasteiger partial charge in [0.15, 0.2) is 11.6 Å². The average Bonchev–Trinajstić information content (AvgIpc) is 2.31. The van der Waals surface area contributed by atoms with Gasteiger partial charge in [0.25, 0.3) is 0 Å². The van der Waals surface area contributed by atoms with Gasteiger partial charge < -0.3 is 5.73 Å². The number of hydrazone groups is 1. The zero-order chi connectivity index (χ0) is 14.6. The first kappa shape index (κ1) is 15.0. The lowest BCUT2D eigenvalue weighted by Crippen LogP contribution is -2.21. The van der Waals surface area contributed by atoms with Gasteiger partial charge in [0, 0.05) is 5.56 Å². The third-order valence-corrected chi connectivity index (χ3v) is 2.69. The van der Waals surface area contributed by atoms with Gasteiger partial charge in [0.2, 0.25) is 5.71 Å². The van der Waals surface area contributed by atoms with Crippen molar-refractivity contribution in [1.82, 2.24) is 0 Å². The first-order valence-electron chi connectivity index (χ1n) is 4.95. The molecule has 0 unspecified atom stereocenters. The molecule has 0 aliphatic rings. The number of nitrogens with zero attached hydrogens (tertiary/aromatic N) is 2. The highest BCUT2D eigenvalue weighted by Crippen LogP contribution is 2.32. The fourth-order valence-corrected chi connectivity index (χ4v) is 1.71. The van der Waals surface area contributed by atoms with Crippen molar-refractivity contribution in [2.75, 3.05) is 5.43 Å². The number of benzene rings is 1. The molecule has 98 valence electrons. The molecule has 6 nitrogen and oxygen atoms in total. The maximum Gasteiger partial charge on any atom is 0.201 e. The van der Waals surface area contributed by atoms with Crippen LogP contribution in [0.1, 0.15) is 17.3 Å². The molecule has 1 rings (SSSR count). The summed E-state index contributed by atoms with van der Waals surface area (Å²) in [5.74, 6) is -0.664. The minimum atomic E-state index is -0.484. The van der Waals surface area contributed by atoms with Crippen LogP contribution >= 0.6 is 23.2 Å². The van der Waals surface area contributed by atoms with Crippen molar-refractivity contribution < 1.29 is 4.79 Å². The molecule has 1 aromatic carbocycles. The van der Waals surface area contributed by atoms with E-state index >= 15 is 0 Å². The largest absolute Gasteiger partial charge is 0.382 e. The molecule has 1 aromatic rings. The topological polar surface area (TPSA) is 115 Å². The first-order chi connectivity index (χ1) is 8.86. The molecule has 0 fully saturated rings. The highest BCUT2D eigenvalue weighted by atomic mass is 35.5. The SMILES string of the molecule is CC(=O)c1cc(Cl)c(N/N=C(\C#N)C(=N)N)c(Cl)c1. The predicted octanol–water partition coefficient (Wildman–Crippen LogP) is 2.42. The van der Waals surface area contributed by atoms with Gasteiger partial charge in [-0.25, -0.2) is 0 Å². The minimum Gasteiger partial charge on any atom is -0.382 e. The van der Waals surface area contributed by atoms with Crippen molar-refractivity contribution in [3.63, 3.8) is 0 Å². The fourth-order valence-electron chi connectivity index (χ4n) is 1.14. The first-order valence-corrected chi connectivity index (χ1v) is 5.70. The molecule has 0 bridgehead atoms. The van der Waals surface area contributed by atoms with Crippen LogP contribution < -0.4 is 11.2 Å². The molecule has 0 amide bonds. The maximum atomic E-state index is 11.2. The number of nitriles is 1. The number of halogens is 2. The Bertz CT molecular complexity index is 595. The highest BCUT2D eigenvalue weighted by molar-refractivity contribution is 6.46. The average molecular weight is 298 g/mol. The summed E-state index contributed by atoms with van der Waals surface area (Å²) in [7, 11) is 0. The van der Waals surface area contributed by atoms with Crippen molar-refractivity contribution in [3.8, 4) is 6.07 Å². The molecule has 0 radical (unpaired) electrons. The Morgan fingerprint density at radius 2 is 2.00 bits per heavy atom. The lowest BCUT2D eigenvalue weighted by atomic mass is 10.1. The summed E-state index contributed by atoms with van der Waals surface area (Å²) in [5.41, 5.74) is 7.86. The summed E-state index contributed by atoms with van der Waals surface area (Å²) < 4.78 is 0. The van der Waals surface area contributed by atoms with E-state index in [4.69, 9.17) is 39.6 Å². The maximum absolute atomic E-state index is 11.2. The molecule has 8 heteroatoms. The minimum absolute atomic E-state index is 0.169. The van der Waals surface area contributed by atoms with Crippen LogP contribution in [0.3, 0.4) is 0 Å². The zero-order valence-electron chi connectivity index (χ0n) is 9.79. The van der Waals surface area contributed by atoms with Crippen molar-refractivity contribution in [2.24, 2.45) is 10.8 Å². The lowest BCUT2D eigenvalue weighted by molar-refractivity contribution is 0.101. The number of hydrogen-bond acceptors (Lipinski definition) is 5. The Hall–Kier alpha value is -2.10. The summed E-state index contributed by atoms with van der Waals surface area (Å²) in [6, 6.07) is 4.49. The van der Waals surface area contributed by atoms with Crippen molar-refractivity contribution >= 4 is 46.2 Å². The van der Waals surface area contributed by atoms with Crippen LogP contribution in [0, 0.1) is 16.7 Å². The molecule has 19 heavy (non-hydrogen) atoms. The number of carbonyl (C=O) groups excluding carboxylic acids is 1. The van der Waals surface area contributed by atoms with Gasteiger partial charge in [-0.1, -0.05) is 23.2 Å². The number of rotatable bonds is 4. The van der Waals surface area contributed by atoms with E-state index in [1.54, 1.807) is 6.07 Å².